The molecule has 2 aromatic rings. The van der Waals surface area contributed by atoms with E-state index in [1.807, 2.05) is 41.2 Å². The van der Waals surface area contributed by atoms with Crippen LogP contribution in [0.4, 0.5) is 0 Å². The van der Waals surface area contributed by atoms with Gasteiger partial charge < -0.3 is 4.74 Å². The van der Waals surface area contributed by atoms with Crippen molar-refractivity contribution in [1.82, 2.24) is 9.78 Å². The molecule has 0 radical (unpaired) electrons. The summed E-state index contributed by atoms with van der Waals surface area (Å²) in [6.45, 7) is 3.00. The number of hydrogen-bond acceptors (Lipinski definition) is 3. The Bertz CT molecular complexity index is 544. The minimum Gasteiger partial charge on any atom is -0.383 e. The number of methoxy groups -OCH3 is 1. The van der Waals surface area contributed by atoms with Crippen LogP contribution in [0.1, 0.15) is 12.5 Å². The van der Waals surface area contributed by atoms with E-state index in [4.69, 9.17) is 4.74 Å². The Labute approximate surface area is 113 Å². The third-order valence-corrected chi connectivity index (χ3v) is 2.87. The molecule has 0 aliphatic rings. The Morgan fingerprint density at radius 1 is 1.26 bits per heavy atom. The Morgan fingerprint density at radius 2 is 2.00 bits per heavy atom. The van der Waals surface area contributed by atoms with Crippen molar-refractivity contribution in [2.75, 3.05) is 13.7 Å². The van der Waals surface area contributed by atoms with E-state index in [-0.39, 0.29) is 5.78 Å². The van der Waals surface area contributed by atoms with E-state index in [0.29, 0.717) is 13.0 Å². The molecular weight excluding hydrogens is 240 g/mol. The fourth-order valence-corrected chi connectivity index (χ4v) is 1.91. The summed E-state index contributed by atoms with van der Waals surface area (Å²) in [5.41, 5.74) is 3.03. The van der Waals surface area contributed by atoms with Gasteiger partial charge in [-0.05, 0) is 18.6 Å². The van der Waals surface area contributed by atoms with E-state index in [0.717, 1.165) is 23.4 Å². The number of ketones is 1. The number of carbonyl (C=O) groups is 1. The molecular formula is C15H18N2O2. The normalized spacial score (nSPS) is 10.6. The van der Waals surface area contributed by atoms with E-state index in [1.165, 1.54) is 0 Å². The van der Waals surface area contributed by atoms with E-state index >= 15 is 0 Å². The fourth-order valence-electron chi connectivity index (χ4n) is 1.91. The molecule has 0 unspecified atom stereocenters. The second kappa shape index (κ2) is 6.29. The van der Waals surface area contributed by atoms with Gasteiger partial charge in [0.15, 0.2) is 0 Å². The van der Waals surface area contributed by atoms with Gasteiger partial charge in [0.05, 0.1) is 18.8 Å². The predicted molar refractivity (Wildman–Crippen MR) is 73.9 cm³/mol. The van der Waals surface area contributed by atoms with Gasteiger partial charge >= 0.3 is 0 Å². The van der Waals surface area contributed by atoms with Gasteiger partial charge in [0.2, 0.25) is 0 Å². The van der Waals surface area contributed by atoms with Crippen molar-refractivity contribution in [3.63, 3.8) is 0 Å². The minimum absolute atomic E-state index is 0.177. The van der Waals surface area contributed by atoms with Crippen LogP contribution >= 0.6 is 0 Å². The summed E-state index contributed by atoms with van der Waals surface area (Å²) in [6.07, 6.45) is 2.43. The number of benzene rings is 1. The average molecular weight is 258 g/mol. The third kappa shape index (κ3) is 3.76. The molecule has 0 atom stereocenters. The molecule has 4 heteroatoms. The highest BCUT2D eigenvalue weighted by Crippen LogP contribution is 2.17. The Morgan fingerprint density at radius 3 is 2.63 bits per heavy atom. The van der Waals surface area contributed by atoms with Gasteiger partial charge in [-0.3, -0.25) is 9.48 Å². The molecule has 0 fully saturated rings. The number of Topliss-reactive ketones (excluding diaryl/α,β-unsaturated/α-hetero) is 1. The van der Waals surface area contributed by atoms with Crippen LogP contribution in [0.25, 0.3) is 11.3 Å². The number of rotatable bonds is 6. The Hall–Kier alpha value is -1.94. The van der Waals surface area contributed by atoms with Crippen LogP contribution in [0.3, 0.4) is 0 Å². The van der Waals surface area contributed by atoms with Gasteiger partial charge in [-0.25, -0.2) is 0 Å². The Kier molecular flexibility index (Phi) is 4.47. The molecule has 0 N–H and O–H groups in total. The van der Waals surface area contributed by atoms with Crippen LogP contribution in [0.15, 0.2) is 36.5 Å². The topological polar surface area (TPSA) is 44.1 Å². The van der Waals surface area contributed by atoms with Gasteiger partial charge in [0.1, 0.15) is 5.78 Å². The van der Waals surface area contributed by atoms with Crippen LogP contribution in [-0.2, 0) is 22.5 Å². The number of aromatic nitrogens is 2. The first-order chi connectivity index (χ1) is 9.19. The predicted octanol–water partition coefficient (Wildman–Crippen LogP) is 2.33. The van der Waals surface area contributed by atoms with Gasteiger partial charge in [-0.1, -0.05) is 24.3 Å². The summed E-state index contributed by atoms with van der Waals surface area (Å²) < 4.78 is 6.88. The van der Waals surface area contributed by atoms with E-state index in [9.17, 15) is 4.79 Å². The standard InChI is InChI=1S/C15H18N2O2/c1-12(18)11-13-3-5-14(6-4-13)15-7-8-17(16-15)9-10-19-2/h3-8H,9-11H2,1-2H3. The summed E-state index contributed by atoms with van der Waals surface area (Å²) in [7, 11) is 1.68. The second-order valence-electron chi connectivity index (χ2n) is 4.53. The largest absolute Gasteiger partial charge is 0.383 e. The van der Waals surface area contributed by atoms with E-state index in [2.05, 4.69) is 5.10 Å². The molecule has 2 rings (SSSR count). The number of hydrogen-bond donors (Lipinski definition) is 0. The second-order valence-corrected chi connectivity index (χ2v) is 4.53. The summed E-state index contributed by atoms with van der Waals surface area (Å²) in [5.74, 6) is 0.177. The molecule has 0 spiro atoms. The van der Waals surface area contributed by atoms with Crippen molar-refractivity contribution in [3.8, 4) is 11.3 Å². The lowest BCUT2D eigenvalue weighted by atomic mass is 10.1. The molecule has 0 amide bonds. The zero-order valence-electron chi connectivity index (χ0n) is 11.3. The van der Waals surface area contributed by atoms with Crippen LogP contribution in [0, 0.1) is 0 Å². The third-order valence-electron chi connectivity index (χ3n) is 2.87. The average Bonchev–Trinajstić information content (AvgIpc) is 2.85. The van der Waals surface area contributed by atoms with E-state index in [1.54, 1.807) is 14.0 Å². The minimum atomic E-state index is 0.177. The molecule has 1 heterocycles. The lowest BCUT2D eigenvalue weighted by molar-refractivity contribution is -0.116. The van der Waals surface area contributed by atoms with Crippen LogP contribution < -0.4 is 0 Å². The number of ether oxygens (including phenoxy) is 1. The first-order valence-corrected chi connectivity index (χ1v) is 6.30. The molecule has 1 aromatic heterocycles. The zero-order valence-corrected chi connectivity index (χ0v) is 11.3. The fraction of sp³-hybridized carbons (Fsp3) is 0.333. The molecule has 1 aromatic carbocycles. The molecule has 100 valence electrons. The maximum atomic E-state index is 11.0. The van der Waals surface area contributed by atoms with Crippen molar-refractivity contribution in [1.29, 1.82) is 0 Å². The van der Waals surface area contributed by atoms with Crippen LogP contribution in [0.5, 0.6) is 0 Å². The lowest BCUT2D eigenvalue weighted by Gasteiger charge is -2.01. The van der Waals surface area contributed by atoms with Crippen molar-refractivity contribution >= 4 is 5.78 Å². The first-order valence-electron chi connectivity index (χ1n) is 6.30. The van der Waals surface area contributed by atoms with Crippen LogP contribution in [-0.4, -0.2) is 29.3 Å². The summed E-state index contributed by atoms with van der Waals surface area (Å²) >= 11 is 0. The van der Waals surface area contributed by atoms with Gasteiger partial charge in [0, 0.05) is 25.3 Å². The van der Waals surface area contributed by atoms with Crippen molar-refractivity contribution in [2.24, 2.45) is 0 Å². The highest BCUT2D eigenvalue weighted by Gasteiger charge is 2.03. The maximum Gasteiger partial charge on any atom is 0.134 e. The summed E-state index contributed by atoms with van der Waals surface area (Å²) in [5, 5.41) is 4.48. The molecule has 19 heavy (non-hydrogen) atoms. The zero-order chi connectivity index (χ0) is 13.7. The van der Waals surface area contributed by atoms with Gasteiger partial charge in [-0.15, -0.1) is 0 Å². The quantitative estimate of drug-likeness (QED) is 0.798. The number of carbonyl (C=O) groups excluding carboxylic acids is 1. The van der Waals surface area contributed by atoms with E-state index < -0.39 is 0 Å². The molecule has 0 saturated heterocycles. The summed E-state index contributed by atoms with van der Waals surface area (Å²) in [4.78, 5) is 11.0. The van der Waals surface area contributed by atoms with Crippen molar-refractivity contribution in [2.45, 2.75) is 19.9 Å². The molecule has 0 bridgehead atoms. The molecule has 0 saturated carbocycles. The van der Waals surface area contributed by atoms with Gasteiger partial charge in [0.25, 0.3) is 0 Å². The molecule has 0 aliphatic carbocycles. The van der Waals surface area contributed by atoms with Crippen molar-refractivity contribution in [3.05, 3.63) is 42.1 Å². The summed E-state index contributed by atoms with van der Waals surface area (Å²) in [6, 6.07) is 9.94. The van der Waals surface area contributed by atoms with Crippen molar-refractivity contribution < 1.29 is 9.53 Å². The molecule has 0 aliphatic heterocycles. The highest BCUT2D eigenvalue weighted by molar-refractivity contribution is 5.78. The monoisotopic (exact) mass is 258 g/mol. The number of nitrogens with zero attached hydrogens (tertiary/aromatic N) is 2. The van der Waals surface area contributed by atoms with Gasteiger partial charge in [-0.2, -0.15) is 5.10 Å². The highest BCUT2D eigenvalue weighted by atomic mass is 16.5. The smallest absolute Gasteiger partial charge is 0.134 e. The van der Waals surface area contributed by atoms with Crippen LogP contribution in [0.2, 0.25) is 0 Å². The first kappa shape index (κ1) is 13.5. The lowest BCUT2D eigenvalue weighted by Crippen LogP contribution is -2.04. The SMILES string of the molecule is COCCn1ccc(-c2ccc(CC(C)=O)cc2)n1. The molecule has 4 nitrogen and oxygen atoms in total. The maximum absolute atomic E-state index is 11.0. The Balaban J connectivity index is 2.09.